The van der Waals surface area contributed by atoms with Gasteiger partial charge < -0.3 is 25.3 Å². The first-order valence-electron chi connectivity index (χ1n) is 13.1. The van der Waals surface area contributed by atoms with Crippen LogP contribution in [0.5, 0.6) is 6.01 Å². The van der Waals surface area contributed by atoms with E-state index in [1.807, 2.05) is 40.3 Å². The second kappa shape index (κ2) is 12.8. The fourth-order valence-electron chi connectivity index (χ4n) is 4.14. The van der Waals surface area contributed by atoms with Crippen LogP contribution in [0.1, 0.15) is 35.6 Å². The topological polar surface area (TPSA) is 196 Å². The zero-order valence-corrected chi connectivity index (χ0v) is 23.8. The van der Waals surface area contributed by atoms with Crippen LogP contribution in [-0.2, 0) is 13.1 Å². The lowest BCUT2D eigenvalue weighted by Gasteiger charge is -2.07. The lowest BCUT2D eigenvalue weighted by atomic mass is 10.1. The molecule has 0 saturated carbocycles. The standard InChI is InChI=1S/C16H16N6O.C13H9ClN6/c1-2-7-23-16-20-14(18)13-15(21-16)22(10-19-13)9-12-5-3-11(8-17)4-6-12;14-13-18-11(16)10-12(19-13)20(7-17-10)6-9-3-1-8(5-15)2-4-9/h3-6,10H,2,7,9H2,1H3,(H2,18,20,21);1-4,7H,6H2,(H2,16,18,19). The van der Waals surface area contributed by atoms with Gasteiger partial charge in [-0.15, -0.1) is 0 Å². The maximum Gasteiger partial charge on any atom is 0.320 e. The van der Waals surface area contributed by atoms with Crippen LogP contribution in [0.4, 0.5) is 11.6 Å². The van der Waals surface area contributed by atoms with Crippen molar-refractivity contribution in [2.45, 2.75) is 26.4 Å². The second-order valence-electron chi connectivity index (χ2n) is 9.32. The van der Waals surface area contributed by atoms with Gasteiger partial charge in [0.15, 0.2) is 28.4 Å². The first-order valence-corrected chi connectivity index (χ1v) is 13.5. The summed E-state index contributed by atoms with van der Waals surface area (Å²) < 4.78 is 9.19. The van der Waals surface area contributed by atoms with E-state index in [0.29, 0.717) is 59.0 Å². The number of nitrogens with zero attached hydrogens (tertiary/aromatic N) is 10. The molecule has 0 saturated heterocycles. The molecule has 0 atom stereocenters. The van der Waals surface area contributed by atoms with Gasteiger partial charge in [-0.05, 0) is 53.4 Å². The van der Waals surface area contributed by atoms with E-state index in [2.05, 4.69) is 42.0 Å². The van der Waals surface area contributed by atoms with E-state index in [0.717, 1.165) is 17.5 Å². The normalized spacial score (nSPS) is 10.6. The van der Waals surface area contributed by atoms with Crippen molar-refractivity contribution in [3.8, 4) is 18.1 Å². The Kier molecular flexibility index (Phi) is 8.55. The molecule has 43 heavy (non-hydrogen) atoms. The number of rotatable bonds is 7. The molecule has 0 aliphatic rings. The monoisotopic (exact) mass is 592 g/mol. The minimum atomic E-state index is 0.0941. The molecule has 0 aliphatic heterocycles. The minimum Gasteiger partial charge on any atom is -0.463 e. The number of aromatic nitrogens is 8. The second-order valence-corrected chi connectivity index (χ2v) is 9.66. The molecule has 0 bridgehead atoms. The number of imidazole rings is 2. The van der Waals surface area contributed by atoms with Crippen molar-refractivity contribution in [1.29, 1.82) is 10.5 Å². The van der Waals surface area contributed by atoms with E-state index < -0.39 is 0 Å². The number of ether oxygens (including phenoxy) is 1. The highest BCUT2D eigenvalue weighted by Crippen LogP contribution is 2.21. The Morgan fingerprint density at radius 1 is 0.744 bits per heavy atom. The van der Waals surface area contributed by atoms with Crippen molar-refractivity contribution < 1.29 is 4.74 Å². The fourth-order valence-corrected chi connectivity index (χ4v) is 4.31. The smallest absolute Gasteiger partial charge is 0.320 e. The molecule has 0 amide bonds. The molecule has 6 aromatic rings. The number of nitrogens with two attached hydrogens (primary N) is 2. The third-order valence-electron chi connectivity index (χ3n) is 6.24. The van der Waals surface area contributed by atoms with E-state index in [-0.39, 0.29) is 17.1 Å². The molecule has 2 aromatic carbocycles. The summed E-state index contributed by atoms with van der Waals surface area (Å²) in [5.41, 5.74) is 17.3. The van der Waals surface area contributed by atoms with Gasteiger partial charge in [-0.1, -0.05) is 31.2 Å². The number of halogens is 1. The predicted octanol–water partition coefficient (Wildman–Crippen LogP) is 4.10. The molecule has 6 rings (SSSR count). The molecule has 4 heterocycles. The molecule has 4 aromatic heterocycles. The summed E-state index contributed by atoms with van der Waals surface area (Å²) in [6.07, 6.45) is 4.19. The van der Waals surface area contributed by atoms with Crippen LogP contribution < -0.4 is 16.2 Å². The third-order valence-corrected chi connectivity index (χ3v) is 6.41. The summed E-state index contributed by atoms with van der Waals surface area (Å²) in [5.74, 6) is 0.568. The Labute approximate surface area is 251 Å². The molecule has 0 aliphatic carbocycles. The summed E-state index contributed by atoms with van der Waals surface area (Å²) in [5, 5.41) is 17.7. The zero-order valence-electron chi connectivity index (χ0n) is 23.0. The van der Waals surface area contributed by atoms with Gasteiger partial charge in [0.05, 0.1) is 55.6 Å². The van der Waals surface area contributed by atoms with E-state index in [4.69, 9.17) is 38.3 Å². The Morgan fingerprint density at radius 3 is 1.72 bits per heavy atom. The fraction of sp³-hybridized carbons (Fsp3) is 0.172. The van der Waals surface area contributed by atoms with Gasteiger partial charge in [-0.2, -0.15) is 30.5 Å². The Balaban J connectivity index is 0.000000173. The maximum absolute atomic E-state index is 8.85. The highest BCUT2D eigenvalue weighted by molar-refractivity contribution is 6.28. The Bertz CT molecular complexity index is 1970. The molecular formula is C29H25ClN12O. The van der Waals surface area contributed by atoms with Crippen LogP contribution in [0.3, 0.4) is 0 Å². The third kappa shape index (κ3) is 6.59. The van der Waals surface area contributed by atoms with Crippen LogP contribution in [0.2, 0.25) is 5.28 Å². The highest BCUT2D eigenvalue weighted by atomic mass is 35.5. The van der Waals surface area contributed by atoms with Crippen LogP contribution in [0.25, 0.3) is 22.3 Å². The van der Waals surface area contributed by atoms with Crippen LogP contribution in [0.15, 0.2) is 61.2 Å². The van der Waals surface area contributed by atoms with Crippen molar-refractivity contribution in [3.05, 3.63) is 88.7 Å². The van der Waals surface area contributed by atoms with Gasteiger partial charge in [0.25, 0.3) is 0 Å². The van der Waals surface area contributed by atoms with Gasteiger partial charge in [0.1, 0.15) is 5.52 Å². The van der Waals surface area contributed by atoms with Gasteiger partial charge in [0.2, 0.25) is 5.28 Å². The highest BCUT2D eigenvalue weighted by Gasteiger charge is 2.13. The van der Waals surface area contributed by atoms with E-state index in [9.17, 15) is 0 Å². The first kappa shape index (κ1) is 28.7. The van der Waals surface area contributed by atoms with Crippen molar-refractivity contribution in [2.75, 3.05) is 18.1 Å². The number of benzene rings is 2. The van der Waals surface area contributed by atoms with Crippen LogP contribution >= 0.6 is 11.6 Å². The predicted molar refractivity (Wildman–Crippen MR) is 161 cm³/mol. The molecule has 0 radical (unpaired) electrons. The molecule has 14 heteroatoms. The van der Waals surface area contributed by atoms with E-state index in [1.54, 1.807) is 36.9 Å². The van der Waals surface area contributed by atoms with E-state index >= 15 is 0 Å². The quantitative estimate of drug-likeness (QED) is 0.253. The number of anilines is 2. The summed E-state index contributed by atoms with van der Waals surface area (Å²) in [6.45, 7) is 3.69. The maximum atomic E-state index is 8.85. The first-order chi connectivity index (χ1) is 20.9. The van der Waals surface area contributed by atoms with Gasteiger partial charge in [0, 0.05) is 0 Å². The van der Waals surface area contributed by atoms with Gasteiger partial charge in [-0.25, -0.2) is 9.97 Å². The number of fused-ring (bicyclic) bond motifs is 2. The molecule has 0 unspecified atom stereocenters. The number of nitrogen functional groups attached to an aromatic ring is 2. The molecule has 214 valence electrons. The summed E-state index contributed by atoms with van der Waals surface area (Å²) in [4.78, 5) is 25.0. The van der Waals surface area contributed by atoms with E-state index in [1.165, 1.54) is 0 Å². The number of nitriles is 2. The van der Waals surface area contributed by atoms with Gasteiger partial charge >= 0.3 is 6.01 Å². The van der Waals surface area contributed by atoms with Crippen molar-refractivity contribution in [1.82, 2.24) is 39.0 Å². The average molecular weight is 593 g/mol. The van der Waals surface area contributed by atoms with Crippen LogP contribution in [-0.4, -0.2) is 45.6 Å². The molecule has 0 fully saturated rings. The van der Waals surface area contributed by atoms with Crippen LogP contribution in [0, 0.1) is 22.7 Å². The Hall–Kier alpha value is -5.79. The molecule has 0 spiro atoms. The number of hydrogen-bond acceptors (Lipinski definition) is 11. The summed E-state index contributed by atoms with van der Waals surface area (Å²) in [7, 11) is 0. The van der Waals surface area contributed by atoms with Gasteiger partial charge in [-0.3, -0.25) is 0 Å². The molecule has 13 nitrogen and oxygen atoms in total. The zero-order chi connectivity index (χ0) is 30.3. The minimum absolute atomic E-state index is 0.0941. The lowest BCUT2D eigenvalue weighted by molar-refractivity contribution is 0.293. The molecule has 4 N–H and O–H groups in total. The largest absolute Gasteiger partial charge is 0.463 e. The molecular weight excluding hydrogens is 568 g/mol. The summed E-state index contributed by atoms with van der Waals surface area (Å²) >= 11 is 5.82. The Morgan fingerprint density at radius 2 is 1.23 bits per heavy atom. The van der Waals surface area contributed by atoms with Crippen molar-refractivity contribution in [2.24, 2.45) is 0 Å². The lowest BCUT2D eigenvalue weighted by Crippen LogP contribution is -2.05. The summed E-state index contributed by atoms with van der Waals surface area (Å²) in [6, 6.07) is 19.1. The van der Waals surface area contributed by atoms with Crippen molar-refractivity contribution in [3.63, 3.8) is 0 Å². The average Bonchev–Trinajstić information content (AvgIpc) is 3.61. The SMILES string of the molecule is CCCOc1nc(N)c2ncn(Cc3ccc(C#N)cc3)c2n1.N#Cc1ccc(Cn2cnc3c(N)nc(Cl)nc32)cc1. The number of hydrogen-bond donors (Lipinski definition) is 2. The van der Waals surface area contributed by atoms with Crippen molar-refractivity contribution >= 4 is 45.6 Å².